The molecule has 0 fully saturated rings. The van der Waals surface area contributed by atoms with Crippen molar-refractivity contribution >= 4 is 12.4 Å². The minimum atomic E-state index is -0.718. The van der Waals surface area contributed by atoms with E-state index in [1.165, 1.54) is 19.3 Å². The van der Waals surface area contributed by atoms with Crippen molar-refractivity contribution in [2.45, 2.75) is 13.0 Å². The Morgan fingerprint density at radius 1 is 1.70 bits per heavy atom. The summed E-state index contributed by atoms with van der Waals surface area (Å²) in [5.74, 6) is 0.259. The Hall–Kier alpha value is -0.740. The van der Waals surface area contributed by atoms with E-state index in [0.717, 1.165) is 4.73 Å². The van der Waals surface area contributed by atoms with E-state index in [9.17, 15) is 0 Å². The molecular formula is C5H9ClN2O2. The van der Waals surface area contributed by atoms with E-state index < -0.39 is 6.10 Å². The van der Waals surface area contributed by atoms with Crippen LogP contribution >= 0.6 is 12.4 Å². The van der Waals surface area contributed by atoms with Gasteiger partial charge in [0.15, 0.2) is 5.82 Å². The predicted octanol–water partition coefficient (Wildman–Crippen LogP) is 0.595. The van der Waals surface area contributed by atoms with Crippen molar-refractivity contribution in [1.29, 1.82) is 0 Å². The number of aromatic nitrogens is 2. The lowest BCUT2D eigenvalue weighted by atomic mass is 10.4. The lowest BCUT2D eigenvalue weighted by molar-refractivity contribution is 0.121. The van der Waals surface area contributed by atoms with Gasteiger partial charge in [0.1, 0.15) is 6.10 Å². The first-order valence-corrected chi connectivity index (χ1v) is 2.62. The molecular weight excluding hydrogens is 156 g/mol. The van der Waals surface area contributed by atoms with Gasteiger partial charge in [-0.15, -0.1) is 12.4 Å². The van der Waals surface area contributed by atoms with Gasteiger partial charge in [-0.1, -0.05) is 0 Å². The Balaban J connectivity index is 0.000000810. The summed E-state index contributed by atoms with van der Waals surface area (Å²) in [6.07, 6.45) is 2.06. The lowest BCUT2D eigenvalue weighted by Crippen LogP contribution is -2.01. The summed E-state index contributed by atoms with van der Waals surface area (Å²) in [4.78, 5) is 3.68. The zero-order valence-electron chi connectivity index (χ0n) is 5.43. The summed E-state index contributed by atoms with van der Waals surface area (Å²) >= 11 is 0. The van der Waals surface area contributed by atoms with Gasteiger partial charge in [0.25, 0.3) is 0 Å². The maximum atomic E-state index is 8.85. The highest BCUT2D eigenvalue weighted by atomic mass is 35.5. The van der Waals surface area contributed by atoms with Gasteiger partial charge in [0.2, 0.25) is 0 Å². The van der Waals surface area contributed by atoms with Gasteiger partial charge in [-0.3, -0.25) is 0 Å². The fourth-order valence-corrected chi connectivity index (χ4v) is 0.608. The van der Waals surface area contributed by atoms with Crippen molar-refractivity contribution < 1.29 is 10.3 Å². The molecule has 0 aromatic carbocycles. The SMILES string of the molecule is CC(O)c1nccn1O.Cl. The Labute approximate surface area is 64.5 Å². The number of hydrogen-bond acceptors (Lipinski definition) is 3. The van der Waals surface area contributed by atoms with Crippen LogP contribution in [0.5, 0.6) is 0 Å². The molecule has 0 radical (unpaired) electrons. The highest BCUT2D eigenvalue weighted by Crippen LogP contribution is 2.05. The van der Waals surface area contributed by atoms with Crippen LogP contribution in [0.3, 0.4) is 0 Å². The highest BCUT2D eigenvalue weighted by molar-refractivity contribution is 5.85. The Bertz CT molecular complexity index is 199. The maximum Gasteiger partial charge on any atom is 0.172 e. The standard InChI is InChI=1S/C5H8N2O2.ClH/c1-4(8)5-6-2-3-7(5)9;/h2-4,8-9H,1H3;1H. The number of halogens is 1. The van der Waals surface area contributed by atoms with Gasteiger partial charge in [0, 0.05) is 6.20 Å². The van der Waals surface area contributed by atoms with E-state index in [-0.39, 0.29) is 18.2 Å². The van der Waals surface area contributed by atoms with Crippen LogP contribution in [0, 0.1) is 0 Å². The first kappa shape index (κ1) is 9.26. The highest BCUT2D eigenvalue weighted by Gasteiger charge is 2.05. The maximum absolute atomic E-state index is 8.85. The summed E-state index contributed by atoms with van der Waals surface area (Å²) in [5.41, 5.74) is 0. The summed E-state index contributed by atoms with van der Waals surface area (Å²) in [7, 11) is 0. The fraction of sp³-hybridized carbons (Fsp3) is 0.400. The molecule has 0 aliphatic heterocycles. The van der Waals surface area contributed by atoms with Gasteiger partial charge in [0.05, 0.1) is 6.20 Å². The van der Waals surface area contributed by atoms with Crippen LogP contribution in [0.4, 0.5) is 0 Å². The molecule has 0 bridgehead atoms. The van der Waals surface area contributed by atoms with E-state index >= 15 is 0 Å². The molecule has 1 atom stereocenters. The van der Waals surface area contributed by atoms with E-state index in [2.05, 4.69) is 4.98 Å². The van der Waals surface area contributed by atoms with Crippen LogP contribution in [0.15, 0.2) is 12.4 Å². The first-order valence-electron chi connectivity index (χ1n) is 2.62. The molecule has 0 saturated carbocycles. The topological polar surface area (TPSA) is 58.3 Å². The molecule has 1 unspecified atom stereocenters. The first-order chi connectivity index (χ1) is 4.22. The molecule has 0 aliphatic carbocycles. The molecule has 1 heterocycles. The second-order valence-corrected chi connectivity index (χ2v) is 1.81. The summed E-state index contributed by atoms with van der Waals surface area (Å²) < 4.78 is 0.796. The number of nitrogens with zero attached hydrogens (tertiary/aromatic N) is 2. The predicted molar refractivity (Wildman–Crippen MR) is 37.3 cm³/mol. The Morgan fingerprint density at radius 2 is 2.30 bits per heavy atom. The van der Waals surface area contributed by atoms with Gasteiger partial charge >= 0.3 is 0 Å². The molecule has 5 heteroatoms. The largest absolute Gasteiger partial charge is 0.427 e. The number of aliphatic hydroxyl groups excluding tert-OH is 1. The number of rotatable bonds is 1. The average molecular weight is 165 g/mol. The van der Waals surface area contributed by atoms with Gasteiger partial charge in [-0.2, -0.15) is 4.73 Å². The zero-order chi connectivity index (χ0) is 6.85. The summed E-state index contributed by atoms with van der Waals surface area (Å²) in [6, 6.07) is 0. The third-order valence-electron chi connectivity index (χ3n) is 1.02. The quantitative estimate of drug-likeness (QED) is 0.598. The summed E-state index contributed by atoms with van der Waals surface area (Å²) in [5, 5.41) is 17.7. The van der Waals surface area contributed by atoms with Crippen molar-refractivity contribution in [3.8, 4) is 0 Å². The number of hydrogen-bond donors (Lipinski definition) is 2. The van der Waals surface area contributed by atoms with Crippen LogP contribution in [0.25, 0.3) is 0 Å². The molecule has 0 spiro atoms. The van der Waals surface area contributed by atoms with Gasteiger partial charge in [-0.25, -0.2) is 4.98 Å². The van der Waals surface area contributed by atoms with Crippen molar-refractivity contribution in [2.75, 3.05) is 0 Å². The molecule has 0 aliphatic rings. The van der Waals surface area contributed by atoms with Crippen molar-refractivity contribution in [1.82, 2.24) is 9.71 Å². The molecule has 1 aromatic heterocycles. The van der Waals surface area contributed by atoms with E-state index in [4.69, 9.17) is 10.3 Å². The lowest BCUT2D eigenvalue weighted by Gasteiger charge is -2.00. The average Bonchev–Trinajstić information content (AvgIpc) is 2.13. The van der Waals surface area contributed by atoms with E-state index in [1.54, 1.807) is 0 Å². The zero-order valence-corrected chi connectivity index (χ0v) is 6.25. The molecule has 4 nitrogen and oxygen atoms in total. The summed E-state index contributed by atoms with van der Waals surface area (Å²) in [6.45, 7) is 1.54. The second-order valence-electron chi connectivity index (χ2n) is 1.81. The molecule has 58 valence electrons. The van der Waals surface area contributed by atoms with Crippen LogP contribution in [-0.2, 0) is 0 Å². The normalized spacial score (nSPS) is 12.2. The monoisotopic (exact) mass is 164 g/mol. The van der Waals surface area contributed by atoms with Crippen LogP contribution < -0.4 is 0 Å². The van der Waals surface area contributed by atoms with Crippen LogP contribution in [0.1, 0.15) is 18.9 Å². The van der Waals surface area contributed by atoms with Crippen molar-refractivity contribution in [2.24, 2.45) is 0 Å². The molecule has 1 aromatic rings. The number of aliphatic hydroxyl groups is 1. The third kappa shape index (κ3) is 1.62. The van der Waals surface area contributed by atoms with Gasteiger partial charge in [-0.05, 0) is 6.92 Å². The molecule has 1 rings (SSSR count). The second kappa shape index (κ2) is 3.43. The van der Waals surface area contributed by atoms with Gasteiger partial charge < -0.3 is 10.3 Å². The van der Waals surface area contributed by atoms with Crippen LogP contribution in [-0.4, -0.2) is 20.0 Å². The minimum absolute atomic E-state index is 0. The smallest absolute Gasteiger partial charge is 0.172 e. The molecule has 10 heavy (non-hydrogen) atoms. The third-order valence-corrected chi connectivity index (χ3v) is 1.02. The van der Waals surface area contributed by atoms with Crippen LogP contribution in [0.2, 0.25) is 0 Å². The minimum Gasteiger partial charge on any atom is -0.427 e. The van der Waals surface area contributed by atoms with Crippen molar-refractivity contribution in [3.63, 3.8) is 0 Å². The molecule has 2 N–H and O–H groups in total. The number of imidazole rings is 1. The fourth-order valence-electron chi connectivity index (χ4n) is 0.608. The van der Waals surface area contributed by atoms with E-state index in [0.29, 0.717) is 0 Å². The Kier molecular flexibility index (Phi) is 3.18. The Morgan fingerprint density at radius 3 is 2.50 bits per heavy atom. The van der Waals surface area contributed by atoms with E-state index in [1.807, 2.05) is 0 Å². The molecule has 0 amide bonds. The molecule has 0 saturated heterocycles. The van der Waals surface area contributed by atoms with Crippen molar-refractivity contribution in [3.05, 3.63) is 18.2 Å².